The molecule has 0 bridgehead atoms. The van der Waals surface area contributed by atoms with Crippen LogP contribution in [0.2, 0.25) is 0 Å². The summed E-state index contributed by atoms with van der Waals surface area (Å²) in [7, 11) is 0. The van der Waals surface area contributed by atoms with Gasteiger partial charge in [0.25, 0.3) is 0 Å². The molecular formula is C24H47O2-. The standard InChI is InChI=1S/C24H48O2/c1-4-7-9-10-11-12-13-14-15-16-17-18-19-20-22-24(6-3,23(25)26)21-8-5-2/h4-22H2,1-3H3,(H,25,26)/p-1. The molecule has 0 N–H and O–H groups in total. The molecule has 0 saturated carbocycles. The van der Waals surface area contributed by atoms with E-state index < -0.39 is 11.4 Å². The van der Waals surface area contributed by atoms with Gasteiger partial charge in [0.1, 0.15) is 0 Å². The van der Waals surface area contributed by atoms with Crippen LogP contribution in [0.15, 0.2) is 0 Å². The van der Waals surface area contributed by atoms with E-state index in [0.29, 0.717) is 6.42 Å². The van der Waals surface area contributed by atoms with Gasteiger partial charge in [-0.15, -0.1) is 0 Å². The van der Waals surface area contributed by atoms with E-state index in [4.69, 9.17) is 0 Å². The summed E-state index contributed by atoms with van der Waals surface area (Å²) in [5.41, 5.74) is -0.562. The first kappa shape index (κ1) is 25.5. The van der Waals surface area contributed by atoms with Crippen molar-refractivity contribution in [1.29, 1.82) is 0 Å². The predicted molar refractivity (Wildman–Crippen MR) is 112 cm³/mol. The Morgan fingerprint density at radius 2 is 0.923 bits per heavy atom. The third kappa shape index (κ3) is 12.8. The lowest BCUT2D eigenvalue weighted by Crippen LogP contribution is -2.42. The highest BCUT2D eigenvalue weighted by Gasteiger charge is 2.28. The Bertz CT molecular complexity index is 313. The molecule has 0 fully saturated rings. The van der Waals surface area contributed by atoms with Gasteiger partial charge in [0.2, 0.25) is 0 Å². The van der Waals surface area contributed by atoms with Crippen LogP contribution in [0.5, 0.6) is 0 Å². The van der Waals surface area contributed by atoms with Crippen LogP contribution in [0.4, 0.5) is 0 Å². The van der Waals surface area contributed by atoms with Crippen molar-refractivity contribution in [2.24, 2.45) is 5.41 Å². The van der Waals surface area contributed by atoms with Crippen LogP contribution in [-0.4, -0.2) is 5.97 Å². The van der Waals surface area contributed by atoms with E-state index in [1.165, 1.54) is 83.5 Å². The lowest BCUT2D eigenvalue weighted by atomic mass is 9.76. The number of aliphatic carboxylic acids is 1. The summed E-state index contributed by atoms with van der Waals surface area (Å²) in [6.07, 6.45) is 23.2. The molecule has 0 aliphatic carbocycles. The molecule has 0 spiro atoms. The molecule has 1 atom stereocenters. The average molecular weight is 368 g/mol. The van der Waals surface area contributed by atoms with Gasteiger partial charge in [-0.3, -0.25) is 0 Å². The van der Waals surface area contributed by atoms with Gasteiger partial charge in [-0.25, -0.2) is 0 Å². The van der Waals surface area contributed by atoms with Gasteiger partial charge in [-0.05, 0) is 19.3 Å². The highest BCUT2D eigenvalue weighted by Crippen LogP contribution is 2.34. The zero-order valence-electron chi connectivity index (χ0n) is 18.3. The quantitative estimate of drug-likeness (QED) is 0.213. The van der Waals surface area contributed by atoms with Gasteiger partial charge in [0.15, 0.2) is 0 Å². The molecule has 0 aromatic heterocycles. The molecule has 26 heavy (non-hydrogen) atoms. The van der Waals surface area contributed by atoms with E-state index in [2.05, 4.69) is 13.8 Å². The first-order valence-electron chi connectivity index (χ1n) is 11.8. The van der Waals surface area contributed by atoms with Crippen LogP contribution in [0.25, 0.3) is 0 Å². The summed E-state index contributed by atoms with van der Waals surface area (Å²) < 4.78 is 0. The van der Waals surface area contributed by atoms with Crippen LogP contribution in [0, 0.1) is 5.41 Å². The van der Waals surface area contributed by atoms with Crippen molar-refractivity contribution in [3.8, 4) is 0 Å². The summed E-state index contributed by atoms with van der Waals surface area (Å²) in [5, 5.41) is 11.6. The zero-order chi connectivity index (χ0) is 19.5. The van der Waals surface area contributed by atoms with Crippen LogP contribution in [0.3, 0.4) is 0 Å². The van der Waals surface area contributed by atoms with Crippen molar-refractivity contribution in [2.75, 3.05) is 0 Å². The Morgan fingerprint density at radius 3 is 1.27 bits per heavy atom. The number of carbonyl (C=O) groups is 1. The molecule has 0 aliphatic rings. The molecule has 0 radical (unpaired) electrons. The SMILES string of the molecule is CCCCCCCCCCCCCCCCC(CC)(CCCC)C(=O)[O-]. The van der Waals surface area contributed by atoms with E-state index in [9.17, 15) is 9.90 Å². The van der Waals surface area contributed by atoms with Crippen molar-refractivity contribution in [3.05, 3.63) is 0 Å². The second kappa shape index (κ2) is 17.9. The van der Waals surface area contributed by atoms with Crippen molar-refractivity contribution < 1.29 is 9.90 Å². The Labute approximate surface area is 164 Å². The summed E-state index contributed by atoms with van der Waals surface area (Å²) >= 11 is 0. The molecule has 1 unspecified atom stereocenters. The molecular weight excluding hydrogens is 320 g/mol. The van der Waals surface area contributed by atoms with Gasteiger partial charge < -0.3 is 9.90 Å². The number of unbranched alkanes of at least 4 members (excludes halogenated alkanes) is 14. The number of carboxylic acids is 1. The third-order valence-electron chi connectivity index (χ3n) is 6.13. The summed E-state index contributed by atoms with van der Waals surface area (Å²) in [5.74, 6) is -0.817. The number of carboxylic acid groups (broad SMARTS) is 1. The minimum Gasteiger partial charge on any atom is -0.550 e. The number of rotatable bonds is 20. The van der Waals surface area contributed by atoms with Gasteiger partial charge in [-0.2, -0.15) is 0 Å². The highest BCUT2D eigenvalue weighted by atomic mass is 16.4. The van der Waals surface area contributed by atoms with Gasteiger partial charge >= 0.3 is 0 Å². The Kier molecular flexibility index (Phi) is 17.5. The lowest BCUT2D eigenvalue weighted by molar-refractivity contribution is -0.320. The van der Waals surface area contributed by atoms with Crippen LogP contribution in [-0.2, 0) is 4.79 Å². The molecule has 0 heterocycles. The number of carbonyl (C=O) groups excluding carboxylic acids is 1. The van der Waals surface area contributed by atoms with E-state index in [-0.39, 0.29) is 0 Å². The van der Waals surface area contributed by atoms with Crippen LogP contribution in [0.1, 0.15) is 143 Å². The predicted octanol–water partition coefficient (Wildman–Crippen LogP) is 7.19. The summed E-state index contributed by atoms with van der Waals surface area (Å²) in [4.78, 5) is 11.6. The monoisotopic (exact) mass is 367 g/mol. The fraction of sp³-hybridized carbons (Fsp3) is 0.958. The number of hydrogen-bond donors (Lipinski definition) is 0. The minimum atomic E-state index is -0.817. The van der Waals surface area contributed by atoms with Crippen molar-refractivity contribution in [2.45, 2.75) is 143 Å². The normalized spacial score (nSPS) is 13.7. The van der Waals surface area contributed by atoms with Crippen molar-refractivity contribution in [1.82, 2.24) is 0 Å². The molecule has 0 aliphatic heterocycles. The van der Waals surface area contributed by atoms with E-state index in [0.717, 1.165) is 32.1 Å². The van der Waals surface area contributed by atoms with Gasteiger partial charge in [0, 0.05) is 11.4 Å². The van der Waals surface area contributed by atoms with E-state index in [1.54, 1.807) is 0 Å². The summed E-state index contributed by atoms with van der Waals surface area (Å²) in [6, 6.07) is 0. The Morgan fingerprint density at radius 1 is 0.577 bits per heavy atom. The average Bonchev–Trinajstić information content (AvgIpc) is 2.64. The lowest BCUT2D eigenvalue weighted by Gasteiger charge is -2.34. The van der Waals surface area contributed by atoms with E-state index >= 15 is 0 Å². The maximum atomic E-state index is 11.6. The molecule has 0 aromatic rings. The topological polar surface area (TPSA) is 40.1 Å². The first-order chi connectivity index (χ1) is 12.6. The summed E-state index contributed by atoms with van der Waals surface area (Å²) in [6.45, 7) is 6.41. The third-order valence-corrected chi connectivity index (χ3v) is 6.13. The number of hydrogen-bond acceptors (Lipinski definition) is 2. The molecule has 0 aromatic carbocycles. The van der Waals surface area contributed by atoms with Crippen LogP contribution < -0.4 is 5.11 Å². The molecule has 2 nitrogen and oxygen atoms in total. The Hall–Kier alpha value is -0.530. The second-order valence-electron chi connectivity index (χ2n) is 8.37. The molecule has 0 amide bonds. The molecule has 156 valence electrons. The van der Waals surface area contributed by atoms with Gasteiger partial charge in [0.05, 0.1) is 0 Å². The molecule has 0 saturated heterocycles. The van der Waals surface area contributed by atoms with Crippen molar-refractivity contribution in [3.63, 3.8) is 0 Å². The van der Waals surface area contributed by atoms with E-state index in [1.807, 2.05) is 6.92 Å². The second-order valence-corrected chi connectivity index (χ2v) is 8.37. The minimum absolute atomic E-state index is 0.562. The first-order valence-corrected chi connectivity index (χ1v) is 11.8. The maximum Gasteiger partial charge on any atom is 0.0476 e. The fourth-order valence-corrected chi connectivity index (χ4v) is 4.00. The zero-order valence-corrected chi connectivity index (χ0v) is 18.3. The molecule has 0 rings (SSSR count). The highest BCUT2D eigenvalue weighted by molar-refractivity contribution is 5.72. The largest absolute Gasteiger partial charge is 0.550 e. The fourth-order valence-electron chi connectivity index (χ4n) is 4.00. The van der Waals surface area contributed by atoms with Gasteiger partial charge in [-0.1, -0.05) is 124 Å². The van der Waals surface area contributed by atoms with Crippen molar-refractivity contribution >= 4 is 5.97 Å². The Balaban J connectivity index is 3.55. The smallest absolute Gasteiger partial charge is 0.0476 e. The van der Waals surface area contributed by atoms with Crippen LogP contribution >= 0.6 is 0 Å². The molecule has 2 heteroatoms. The maximum absolute atomic E-state index is 11.6.